The summed E-state index contributed by atoms with van der Waals surface area (Å²) in [7, 11) is 3.72. The van der Waals surface area contributed by atoms with Gasteiger partial charge >= 0.3 is 0 Å². The molecule has 0 fully saturated rings. The van der Waals surface area contributed by atoms with Crippen molar-refractivity contribution >= 4 is 27.3 Å². The molecular weight excluding hydrogens is 304 g/mol. The molecule has 4 heteroatoms. The maximum absolute atomic E-state index is 5.69. The van der Waals surface area contributed by atoms with Crippen LogP contribution in [0.3, 0.4) is 0 Å². The lowest BCUT2D eigenvalue weighted by atomic mass is 10.2. The number of ether oxygens (including phenoxy) is 1. The minimum Gasteiger partial charge on any atom is -0.496 e. The van der Waals surface area contributed by atoms with Crippen molar-refractivity contribution in [2.24, 2.45) is 0 Å². The van der Waals surface area contributed by atoms with E-state index in [1.54, 1.807) is 7.11 Å². The molecule has 0 aliphatic rings. The smallest absolute Gasteiger partial charge is 0.133 e. The van der Waals surface area contributed by atoms with Crippen molar-refractivity contribution in [3.05, 3.63) is 52.5 Å². The van der Waals surface area contributed by atoms with Gasteiger partial charge in [-0.25, -0.2) is 0 Å². The SMILES string of the molecule is COc1ccc(N(C)Cc2ccc(N)cc2)cc1Br. The van der Waals surface area contributed by atoms with E-state index in [-0.39, 0.29) is 0 Å². The summed E-state index contributed by atoms with van der Waals surface area (Å²) in [6, 6.07) is 14.0. The molecule has 19 heavy (non-hydrogen) atoms. The number of nitrogens with zero attached hydrogens (tertiary/aromatic N) is 1. The van der Waals surface area contributed by atoms with Crippen molar-refractivity contribution in [3.63, 3.8) is 0 Å². The van der Waals surface area contributed by atoms with Gasteiger partial charge < -0.3 is 15.4 Å². The second-order valence-electron chi connectivity index (χ2n) is 4.42. The van der Waals surface area contributed by atoms with Gasteiger partial charge in [-0.05, 0) is 51.8 Å². The van der Waals surface area contributed by atoms with Crippen LogP contribution < -0.4 is 15.4 Å². The van der Waals surface area contributed by atoms with Gasteiger partial charge in [0.05, 0.1) is 11.6 Å². The fraction of sp³-hybridized carbons (Fsp3) is 0.200. The number of methoxy groups -OCH3 is 1. The lowest BCUT2D eigenvalue weighted by Crippen LogP contribution is -2.16. The Bertz CT molecular complexity index is 555. The molecule has 0 saturated carbocycles. The monoisotopic (exact) mass is 320 g/mol. The highest BCUT2D eigenvalue weighted by atomic mass is 79.9. The Balaban J connectivity index is 2.13. The number of nitrogens with two attached hydrogens (primary N) is 1. The van der Waals surface area contributed by atoms with Gasteiger partial charge in [-0.3, -0.25) is 0 Å². The predicted molar refractivity (Wildman–Crippen MR) is 83.7 cm³/mol. The first-order chi connectivity index (χ1) is 9.10. The van der Waals surface area contributed by atoms with Gasteiger partial charge in [0.15, 0.2) is 0 Å². The Hall–Kier alpha value is -1.68. The summed E-state index contributed by atoms with van der Waals surface area (Å²) in [5.41, 5.74) is 8.83. The maximum atomic E-state index is 5.69. The van der Waals surface area contributed by atoms with Gasteiger partial charge in [0, 0.05) is 25.0 Å². The van der Waals surface area contributed by atoms with Crippen molar-refractivity contribution in [1.29, 1.82) is 0 Å². The summed E-state index contributed by atoms with van der Waals surface area (Å²) < 4.78 is 6.19. The van der Waals surface area contributed by atoms with Crippen LogP contribution in [0.5, 0.6) is 5.75 Å². The molecule has 2 aromatic carbocycles. The van der Waals surface area contributed by atoms with E-state index in [1.807, 2.05) is 36.4 Å². The molecule has 0 saturated heterocycles. The third-order valence-corrected chi connectivity index (χ3v) is 3.60. The third-order valence-electron chi connectivity index (χ3n) is 2.98. The van der Waals surface area contributed by atoms with Crippen LogP contribution in [0.25, 0.3) is 0 Å². The average Bonchev–Trinajstić information content (AvgIpc) is 2.41. The highest BCUT2D eigenvalue weighted by molar-refractivity contribution is 9.10. The van der Waals surface area contributed by atoms with Crippen LogP contribution in [-0.2, 0) is 6.54 Å². The first-order valence-corrected chi connectivity index (χ1v) is 6.78. The van der Waals surface area contributed by atoms with Gasteiger partial charge in [0.25, 0.3) is 0 Å². The van der Waals surface area contributed by atoms with Crippen LogP contribution >= 0.6 is 15.9 Å². The molecule has 0 atom stereocenters. The summed E-state index contributed by atoms with van der Waals surface area (Å²) in [4.78, 5) is 2.18. The summed E-state index contributed by atoms with van der Waals surface area (Å²) in [5, 5.41) is 0. The Labute approximate surface area is 122 Å². The van der Waals surface area contributed by atoms with Crippen LogP contribution in [0.2, 0.25) is 0 Å². The van der Waals surface area contributed by atoms with Gasteiger partial charge in [-0.1, -0.05) is 12.1 Å². The van der Waals surface area contributed by atoms with Gasteiger partial charge in [-0.15, -0.1) is 0 Å². The fourth-order valence-electron chi connectivity index (χ4n) is 1.88. The van der Waals surface area contributed by atoms with Crippen molar-refractivity contribution in [2.75, 3.05) is 24.8 Å². The van der Waals surface area contributed by atoms with E-state index in [0.29, 0.717) is 0 Å². The molecule has 0 aromatic heterocycles. The summed E-state index contributed by atoms with van der Waals surface area (Å²) in [6.07, 6.45) is 0. The van der Waals surface area contributed by atoms with E-state index < -0.39 is 0 Å². The lowest BCUT2D eigenvalue weighted by Gasteiger charge is -2.20. The van der Waals surface area contributed by atoms with E-state index in [0.717, 1.165) is 28.1 Å². The minimum absolute atomic E-state index is 0.790. The second-order valence-corrected chi connectivity index (χ2v) is 5.27. The number of anilines is 2. The summed E-state index contributed by atoms with van der Waals surface area (Å²) in [5.74, 6) is 0.838. The molecular formula is C15H17BrN2O. The van der Waals surface area contributed by atoms with Gasteiger partial charge in [0.1, 0.15) is 5.75 Å². The van der Waals surface area contributed by atoms with Crippen molar-refractivity contribution in [1.82, 2.24) is 0 Å². The van der Waals surface area contributed by atoms with E-state index in [1.165, 1.54) is 5.56 Å². The normalized spacial score (nSPS) is 10.3. The molecule has 0 aliphatic heterocycles. The third kappa shape index (κ3) is 3.41. The molecule has 0 spiro atoms. The largest absolute Gasteiger partial charge is 0.496 e. The molecule has 100 valence electrons. The van der Waals surface area contributed by atoms with Crippen LogP contribution in [0, 0.1) is 0 Å². The first kappa shape index (κ1) is 13.7. The molecule has 2 rings (SSSR count). The van der Waals surface area contributed by atoms with E-state index in [9.17, 15) is 0 Å². The highest BCUT2D eigenvalue weighted by Crippen LogP contribution is 2.29. The van der Waals surface area contributed by atoms with Crippen LogP contribution in [0.1, 0.15) is 5.56 Å². The Kier molecular flexibility index (Phi) is 4.32. The van der Waals surface area contributed by atoms with Crippen molar-refractivity contribution < 1.29 is 4.74 Å². The zero-order chi connectivity index (χ0) is 13.8. The quantitative estimate of drug-likeness (QED) is 0.873. The molecule has 0 radical (unpaired) electrons. The van der Waals surface area contributed by atoms with Gasteiger partial charge in [0.2, 0.25) is 0 Å². The summed E-state index contributed by atoms with van der Waals surface area (Å²) in [6.45, 7) is 0.832. The molecule has 0 aliphatic carbocycles. The van der Waals surface area contributed by atoms with E-state index in [4.69, 9.17) is 10.5 Å². The molecule has 3 nitrogen and oxygen atoms in total. The Morgan fingerprint density at radius 1 is 1.16 bits per heavy atom. The number of hydrogen-bond donors (Lipinski definition) is 1. The molecule has 0 heterocycles. The van der Waals surface area contributed by atoms with Gasteiger partial charge in [-0.2, -0.15) is 0 Å². The number of benzene rings is 2. The van der Waals surface area contributed by atoms with Crippen LogP contribution in [0.4, 0.5) is 11.4 Å². The molecule has 0 amide bonds. The molecule has 0 bridgehead atoms. The second kappa shape index (κ2) is 5.97. The zero-order valence-corrected chi connectivity index (χ0v) is 12.6. The lowest BCUT2D eigenvalue weighted by molar-refractivity contribution is 0.412. The average molecular weight is 321 g/mol. The maximum Gasteiger partial charge on any atom is 0.133 e. The number of nitrogen functional groups attached to an aromatic ring is 1. The fourth-order valence-corrected chi connectivity index (χ4v) is 2.41. The molecule has 0 unspecified atom stereocenters. The summed E-state index contributed by atoms with van der Waals surface area (Å²) >= 11 is 3.50. The Morgan fingerprint density at radius 2 is 1.84 bits per heavy atom. The Morgan fingerprint density at radius 3 is 2.42 bits per heavy atom. The highest BCUT2D eigenvalue weighted by Gasteiger charge is 2.06. The molecule has 2 N–H and O–H groups in total. The predicted octanol–water partition coefficient (Wildman–Crippen LogP) is 3.68. The van der Waals surface area contributed by atoms with E-state index >= 15 is 0 Å². The van der Waals surface area contributed by atoms with Crippen molar-refractivity contribution in [2.45, 2.75) is 6.54 Å². The minimum atomic E-state index is 0.790. The standard InChI is InChI=1S/C15H17BrN2O/c1-18(10-11-3-5-12(17)6-4-11)13-7-8-15(19-2)14(16)9-13/h3-9H,10,17H2,1-2H3. The topological polar surface area (TPSA) is 38.5 Å². The molecule has 2 aromatic rings. The van der Waals surface area contributed by atoms with E-state index in [2.05, 4.69) is 33.9 Å². The first-order valence-electron chi connectivity index (χ1n) is 5.99. The number of hydrogen-bond acceptors (Lipinski definition) is 3. The van der Waals surface area contributed by atoms with Crippen LogP contribution in [0.15, 0.2) is 46.9 Å². The number of halogens is 1. The van der Waals surface area contributed by atoms with Crippen molar-refractivity contribution in [3.8, 4) is 5.75 Å². The zero-order valence-electron chi connectivity index (χ0n) is 11.1. The van der Waals surface area contributed by atoms with Crippen LogP contribution in [-0.4, -0.2) is 14.2 Å². The number of rotatable bonds is 4.